The van der Waals surface area contributed by atoms with Crippen molar-refractivity contribution in [3.63, 3.8) is 0 Å². The van der Waals surface area contributed by atoms with Crippen molar-refractivity contribution in [2.45, 2.75) is 26.8 Å². The second-order valence-electron chi connectivity index (χ2n) is 7.78. The van der Waals surface area contributed by atoms with Crippen molar-refractivity contribution in [1.29, 1.82) is 0 Å². The molecule has 3 rings (SSSR count). The van der Waals surface area contributed by atoms with Crippen molar-refractivity contribution in [2.75, 3.05) is 50.8 Å². The molecular weight excluding hydrogens is 411 g/mol. The zero-order valence-electron chi connectivity index (χ0n) is 18.8. The summed E-state index contributed by atoms with van der Waals surface area (Å²) in [6.07, 6.45) is 2.45. The minimum atomic E-state index is -0.370. The molecule has 0 bridgehead atoms. The first-order valence-corrected chi connectivity index (χ1v) is 11.1. The Labute approximate surface area is 188 Å². The van der Waals surface area contributed by atoms with E-state index < -0.39 is 0 Å². The van der Waals surface area contributed by atoms with Gasteiger partial charge < -0.3 is 14.5 Å². The molecule has 0 atom stereocenters. The second-order valence-corrected chi connectivity index (χ2v) is 7.78. The fourth-order valence-corrected chi connectivity index (χ4v) is 3.79. The monoisotopic (exact) mass is 442 g/mol. The molecule has 0 spiro atoms. The molecule has 0 radical (unpaired) electrons. The Bertz CT molecular complexity index is 906. The molecule has 172 valence electrons. The minimum absolute atomic E-state index is 0.0436. The van der Waals surface area contributed by atoms with Gasteiger partial charge in [0.05, 0.1) is 18.7 Å². The van der Waals surface area contributed by atoms with Gasteiger partial charge in [-0.2, -0.15) is 0 Å². The van der Waals surface area contributed by atoms with E-state index in [1.54, 1.807) is 30.2 Å². The van der Waals surface area contributed by atoms with Crippen LogP contribution in [0.5, 0.6) is 0 Å². The van der Waals surface area contributed by atoms with Gasteiger partial charge in [0, 0.05) is 45.5 Å². The average Bonchev–Trinajstić information content (AvgIpc) is 3.03. The largest absolute Gasteiger partial charge is 0.462 e. The highest BCUT2D eigenvalue weighted by molar-refractivity contribution is 5.89. The third-order valence-corrected chi connectivity index (χ3v) is 5.53. The third kappa shape index (κ3) is 6.50. The molecule has 1 amide bonds. The van der Waals surface area contributed by atoms with Crippen molar-refractivity contribution in [3.05, 3.63) is 59.5 Å². The molecule has 0 unspecified atom stereocenters. The number of esters is 1. The maximum atomic E-state index is 13.5. The SMILES string of the molecule is CCOC(=O)c1ccc(N2CCCN(CC(=O)N(CC)Cc3cccc(F)c3)CC2)nc1. The number of amides is 1. The van der Waals surface area contributed by atoms with Gasteiger partial charge in [0.2, 0.25) is 5.91 Å². The van der Waals surface area contributed by atoms with Crippen LogP contribution in [0.25, 0.3) is 0 Å². The first-order chi connectivity index (χ1) is 15.5. The number of hydrogen-bond acceptors (Lipinski definition) is 6. The van der Waals surface area contributed by atoms with Crippen LogP contribution in [0.1, 0.15) is 36.2 Å². The maximum absolute atomic E-state index is 13.5. The Morgan fingerprint density at radius 1 is 1.12 bits per heavy atom. The Hall–Kier alpha value is -3.00. The topological polar surface area (TPSA) is 66.0 Å². The summed E-state index contributed by atoms with van der Waals surface area (Å²) >= 11 is 0. The summed E-state index contributed by atoms with van der Waals surface area (Å²) in [6.45, 7) is 8.50. The van der Waals surface area contributed by atoms with Gasteiger partial charge in [-0.05, 0) is 50.1 Å². The molecule has 7 nitrogen and oxygen atoms in total. The Morgan fingerprint density at radius 3 is 2.66 bits per heavy atom. The van der Waals surface area contributed by atoms with Gasteiger partial charge in [0.25, 0.3) is 0 Å². The lowest BCUT2D eigenvalue weighted by Crippen LogP contribution is -2.41. The molecule has 1 aliphatic heterocycles. The fourth-order valence-electron chi connectivity index (χ4n) is 3.79. The molecule has 1 aromatic heterocycles. The number of nitrogens with zero attached hydrogens (tertiary/aromatic N) is 4. The first-order valence-electron chi connectivity index (χ1n) is 11.1. The van der Waals surface area contributed by atoms with Crippen LogP contribution in [0.3, 0.4) is 0 Å². The number of pyridine rings is 1. The van der Waals surface area contributed by atoms with E-state index in [0.717, 1.165) is 44.0 Å². The van der Waals surface area contributed by atoms with Gasteiger partial charge >= 0.3 is 5.97 Å². The van der Waals surface area contributed by atoms with E-state index in [2.05, 4.69) is 14.8 Å². The summed E-state index contributed by atoms with van der Waals surface area (Å²) in [5, 5.41) is 0. The zero-order valence-corrected chi connectivity index (χ0v) is 18.8. The number of rotatable bonds is 8. The molecule has 0 N–H and O–H groups in total. The van der Waals surface area contributed by atoms with Crippen LogP contribution >= 0.6 is 0 Å². The van der Waals surface area contributed by atoms with Crippen molar-refractivity contribution in [2.24, 2.45) is 0 Å². The highest BCUT2D eigenvalue weighted by Gasteiger charge is 2.21. The number of halogens is 1. The molecule has 1 fully saturated rings. The number of carbonyl (C=O) groups is 2. The highest BCUT2D eigenvalue weighted by atomic mass is 19.1. The molecule has 0 saturated carbocycles. The average molecular weight is 443 g/mol. The van der Waals surface area contributed by atoms with E-state index in [-0.39, 0.29) is 17.7 Å². The number of likely N-dealkylation sites (N-methyl/N-ethyl adjacent to an activating group) is 1. The molecule has 2 heterocycles. The summed E-state index contributed by atoms with van der Waals surface area (Å²) in [5.41, 5.74) is 1.23. The van der Waals surface area contributed by atoms with Crippen LogP contribution in [0, 0.1) is 5.82 Å². The molecule has 0 aliphatic carbocycles. The van der Waals surface area contributed by atoms with Crippen molar-refractivity contribution in [1.82, 2.24) is 14.8 Å². The first kappa shape index (κ1) is 23.7. The molecule has 2 aromatic rings. The number of benzene rings is 1. The van der Waals surface area contributed by atoms with E-state index in [1.807, 2.05) is 19.1 Å². The number of anilines is 1. The van der Waals surface area contributed by atoms with Crippen molar-refractivity contribution in [3.8, 4) is 0 Å². The van der Waals surface area contributed by atoms with Crippen LogP contribution in [0.4, 0.5) is 10.2 Å². The third-order valence-electron chi connectivity index (χ3n) is 5.53. The Morgan fingerprint density at radius 2 is 1.97 bits per heavy atom. The van der Waals surface area contributed by atoms with E-state index in [0.29, 0.717) is 31.8 Å². The summed E-state index contributed by atoms with van der Waals surface area (Å²) in [4.78, 5) is 35.2. The van der Waals surface area contributed by atoms with E-state index >= 15 is 0 Å². The van der Waals surface area contributed by atoms with Gasteiger partial charge in [-0.1, -0.05) is 12.1 Å². The van der Waals surface area contributed by atoms with E-state index in [1.165, 1.54) is 12.1 Å². The quantitative estimate of drug-likeness (QED) is 0.586. The normalized spacial score (nSPS) is 14.7. The van der Waals surface area contributed by atoms with E-state index in [4.69, 9.17) is 4.74 Å². The smallest absolute Gasteiger partial charge is 0.339 e. The van der Waals surface area contributed by atoms with Gasteiger partial charge in [0.1, 0.15) is 11.6 Å². The van der Waals surface area contributed by atoms with Gasteiger partial charge in [-0.15, -0.1) is 0 Å². The molecule has 1 aliphatic rings. The van der Waals surface area contributed by atoms with Gasteiger partial charge in [-0.3, -0.25) is 9.69 Å². The van der Waals surface area contributed by atoms with E-state index in [9.17, 15) is 14.0 Å². The van der Waals surface area contributed by atoms with Gasteiger partial charge in [-0.25, -0.2) is 14.2 Å². The molecule has 1 saturated heterocycles. The predicted octanol–water partition coefficient (Wildman–Crippen LogP) is 2.96. The maximum Gasteiger partial charge on any atom is 0.339 e. The number of carbonyl (C=O) groups excluding carboxylic acids is 2. The van der Waals surface area contributed by atoms with Crippen molar-refractivity contribution >= 4 is 17.7 Å². The molecular formula is C24H31FN4O3. The van der Waals surface area contributed by atoms with Crippen LogP contribution < -0.4 is 4.90 Å². The standard InChI is InChI=1S/C24H31FN4O3/c1-3-28(17-19-7-5-8-21(25)15-19)23(30)18-27-11-6-12-29(14-13-27)22-10-9-20(16-26-22)24(31)32-4-2/h5,7-10,15-16H,3-4,6,11-14,17-18H2,1-2H3. The van der Waals surface area contributed by atoms with Crippen LogP contribution in [0.2, 0.25) is 0 Å². The van der Waals surface area contributed by atoms with Crippen molar-refractivity contribution < 1.29 is 18.7 Å². The summed E-state index contributed by atoms with van der Waals surface area (Å²) in [6, 6.07) is 9.95. The molecule has 8 heteroatoms. The Balaban J connectivity index is 1.54. The van der Waals surface area contributed by atoms with Crippen LogP contribution in [-0.2, 0) is 16.1 Å². The van der Waals surface area contributed by atoms with Crippen LogP contribution in [-0.4, -0.2) is 72.5 Å². The Kier molecular flexibility index (Phi) is 8.56. The van der Waals surface area contributed by atoms with Gasteiger partial charge in [0.15, 0.2) is 0 Å². The number of ether oxygens (including phenoxy) is 1. The summed E-state index contributed by atoms with van der Waals surface area (Å²) in [7, 11) is 0. The number of hydrogen-bond donors (Lipinski definition) is 0. The number of aromatic nitrogens is 1. The summed E-state index contributed by atoms with van der Waals surface area (Å²) in [5.74, 6) is 0.197. The lowest BCUT2D eigenvalue weighted by Gasteiger charge is -2.26. The minimum Gasteiger partial charge on any atom is -0.462 e. The second kappa shape index (κ2) is 11.6. The lowest BCUT2D eigenvalue weighted by molar-refractivity contribution is -0.132. The lowest BCUT2D eigenvalue weighted by atomic mass is 10.2. The fraction of sp³-hybridized carbons (Fsp3) is 0.458. The predicted molar refractivity (Wildman–Crippen MR) is 121 cm³/mol. The molecule has 32 heavy (non-hydrogen) atoms. The molecule has 1 aromatic carbocycles. The highest BCUT2D eigenvalue weighted by Crippen LogP contribution is 2.15. The van der Waals surface area contributed by atoms with Crippen LogP contribution in [0.15, 0.2) is 42.6 Å². The zero-order chi connectivity index (χ0) is 22.9. The summed E-state index contributed by atoms with van der Waals surface area (Å²) < 4.78 is 18.5.